The predicted molar refractivity (Wildman–Crippen MR) is 74.6 cm³/mol. The van der Waals surface area contributed by atoms with Gasteiger partial charge in [-0.3, -0.25) is 4.79 Å². The fraction of sp³-hybridized carbons (Fsp3) is 0. The lowest BCUT2D eigenvalue weighted by molar-refractivity contribution is 0.102. The minimum Gasteiger partial charge on any atom is -0.507 e. The van der Waals surface area contributed by atoms with Crippen molar-refractivity contribution >= 4 is 33.2 Å². The van der Waals surface area contributed by atoms with E-state index in [1.165, 1.54) is 6.07 Å². The van der Waals surface area contributed by atoms with Gasteiger partial charge in [0, 0.05) is 15.8 Å². The molecule has 0 saturated carbocycles. The molecule has 0 spiro atoms. The lowest BCUT2D eigenvalue weighted by Crippen LogP contribution is -2.12. The summed E-state index contributed by atoms with van der Waals surface area (Å²) in [5.74, 6) is -0.462. The van der Waals surface area contributed by atoms with E-state index in [0.717, 1.165) is 0 Å². The van der Waals surface area contributed by atoms with Crippen LogP contribution in [0, 0.1) is 0 Å². The van der Waals surface area contributed by atoms with Gasteiger partial charge in [0.25, 0.3) is 5.91 Å². The molecule has 0 aliphatic carbocycles. The topological polar surface area (TPSA) is 75.3 Å². The van der Waals surface area contributed by atoms with Gasteiger partial charge in [-0.1, -0.05) is 22.0 Å². The summed E-state index contributed by atoms with van der Waals surface area (Å²) in [6.45, 7) is 0. The zero-order valence-corrected chi connectivity index (χ0v) is 10.9. The van der Waals surface area contributed by atoms with E-state index in [0.29, 0.717) is 15.8 Å². The maximum atomic E-state index is 11.9. The van der Waals surface area contributed by atoms with Crippen LogP contribution in [0.25, 0.3) is 0 Å². The molecule has 0 aliphatic heterocycles. The number of phenols is 1. The van der Waals surface area contributed by atoms with Crippen LogP contribution in [0.2, 0.25) is 0 Å². The number of hydrogen-bond acceptors (Lipinski definition) is 3. The fourth-order valence-electron chi connectivity index (χ4n) is 1.51. The van der Waals surface area contributed by atoms with E-state index < -0.39 is 0 Å². The van der Waals surface area contributed by atoms with Crippen LogP contribution in [0.15, 0.2) is 46.9 Å². The van der Waals surface area contributed by atoms with Crippen LogP contribution in [0.4, 0.5) is 11.4 Å². The molecule has 0 aromatic heterocycles. The molecule has 0 unspecified atom stereocenters. The van der Waals surface area contributed by atoms with Crippen LogP contribution in [-0.2, 0) is 0 Å². The Morgan fingerprint density at radius 3 is 2.67 bits per heavy atom. The zero-order valence-electron chi connectivity index (χ0n) is 9.35. The lowest BCUT2D eigenvalue weighted by Gasteiger charge is -2.07. The Bertz CT molecular complexity index is 599. The number of carbonyl (C=O) groups excluding carboxylic acids is 1. The van der Waals surface area contributed by atoms with Crippen molar-refractivity contribution in [2.75, 3.05) is 11.1 Å². The molecule has 0 radical (unpaired) electrons. The number of hydrogen-bond donors (Lipinski definition) is 3. The van der Waals surface area contributed by atoms with Gasteiger partial charge in [-0.05, 0) is 36.4 Å². The third kappa shape index (κ3) is 2.81. The average molecular weight is 307 g/mol. The number of benzene rings is 2. The number of anilines is 2. The summed E-state index contributed by atoms with van der Waals surface area (Å²) in [5.41, 5.74) is 6.97. The highest BCUT2D eigenvalue weighted by atomic mass is 79.9. The number of phenolic OH excluding ortho intramolecular Hbond substituents is 1. The molecule has 4 N–H and O–H groups in total. The summed E-state index contributed by atoms with van der Waals surface area (Å²) in [4.78, 5) is 11.9. The number of nitrogen functional groups attached to an aromatic ring is 1. The van der Waals surface area contributed by atoms with Gasteiger partial charge in [-0.2, -0.15) is 0 Å². The van der Waals surface area contributed by atoms with Gasteiger partial charge in [0.1, 0.15) is 5.75 Å². The second-order valence-electron chi connectivity index (χ2n) is 3.74. The summed E-state index contributed by atoms with van der Waals surface area (Å²) in [7, 11) is 0. The van der Waals surface area contributed by atoms with Crippen LogP contribution in [-0.4, -0.2) is 11.0 Å². The molecule has 92 valence electrons. The molecule has 18 heavy (non-hydrogen) atoms. The lowest BCUT2D eigenvalue weighted by atomic mass is 10.2. The molecule has 5 heteroatoms. The first-order valence-electron chi connectivity index (χ1n) is 5.21. The van der Waals surface area contributed by atoms with E-state index in [4.69, 9.17) is 5.73 Å². The largest absolute Gasteiger partial charge is 0.507 e. The highest BCUT2D eigenvalue weighted by Gasteiger charge is 2.11. The van der Waals surface area contributed by atoms with Gasteiger partial charge in [-0.15, -0.1) is 0 Å². The first kappa shape index (κ1) is 12.4. The van der Waals surface area contributed by atoms with Crippen LogP contribution in [0.5, 0.6) is 5.75 Å². The first-order valence-corrected chi connectivity index (χ1v) is 6.01. The number of amides is 1. The molecule has 0 heterocycles. The summed E-state index contributed by atoms with van der Waals surface area (Å²) in [6, 6.07) is 11.5. The van der Waals surface area contributed by atoms with Crippen molar-refractivity contribution in [3.63, 3.8) is 0 Å². The van der Waals surface area contributed by atoms with Crippen LogP contribution >= 0.6 is 15.9 Å². The molecule has 4 nitrogen and oxygen atoms in total. The molecule has 2 aromatic rings. The van der Waals surface area contributed by atoms with Gasteiger partial charge in [-0.25, -0.2) is 0 Å². The van der Waals surface area contributed by atoms with Crippen LogP contribution in [0.1, 0.15) is 10.4 Å². The molecule has 2 rings (SSSR count). The van der Waals surface area contributed by atoms with Crippen molar-refractivity contribution in [1.82, 2.24) is 0 Å². The van der Waals surface area contributed by atoms with E-state index in [1.54, 1.807) is 36.4 Å². The zero-order chi connectivity index (χ0) is 13.1. The Labute approximate surface area is 113 Å². The van der Waals surface area contributed by atoms with Gasteiger partial charge in [0.2, 0.25) is 0 Å². The van der Waals surface area contributed by atoms with E-state index >= 15 is 0 Å². The van der Waals surface area contributed by atoms with Crippen molar-refractivity contribution in [3.8, 4) is 5.75 Å². The third-order valence-corrected chi connectivity index (χ3v) is 2.84. The van der Waals surface area contributed by atoms with Crippen molar-refractivity contribution in [2.24, 2.45) is 0 Å². The van der Waals surface area contributed by atoms with Crippen molar-refractivity contribution < 1.29 is 9.90 Å². The molecule has 0 atom stereocenters. The molecule has 0 aliphatic rings. The number of rotatable bonds is 2. The predicted octanol–water partition coefficient (Wildman–Crippen LogP) is 2.99. The van der Waals surface area contributed by atoms with Crippen LogP contribution in [0.3, 0.4) is 0 Å². The highest BCUT2D eigenvalue weighted by Crippen LogP contribution is 2.23. The van der Waals surface area contributed by atoms with Crippen molar-refractivity contribution in [1.29, 1.82) is 0 Å². The van der Waals surface area contributed by atoms with Crippen molar-refractivity contribution in [2.45, 2.75) is 0 Å². The monoisotopic (exact) mass is 306 g/mol. The first-order chi connectivity index (χ1) is 8.56. The minimum absolute atomic E-state index is 0.0780. The van der Waals surface area contributed by atoms with Gasteiger partial charge < -0.3 is 16.2 Å². The second-order valence-corrected chi connectivity index (χ2v) is 4.66. The molecular weight excluding hydrogens is 296 g/mol. The average Bonchev–Trinajstić information content (AvgIpc) is 2.28. The van der Waals surface area contributed by atoms with E-state index in [9.17, 15) is 9.90 Å². The van der Waals surface area contributed by atoms with Crippen LogP contribution < -0.4 is 11.1 Å². The minimum atomic E-state index is -0.384. The van der Waals surface area contributed by atoms with Gasteiger partial charge >= 0.3 is 0 Å². The number of carbonyl (C=O) groups is 1. The Morgan fingerprint density at radius 1 is 1.22 bits per heavy atom. The molecular formula is C13H11BrN2O2. The number of nitrogens with one attached hydrogen (secondary N) is 1. The summed E-state index contributed by atoms with van der Waals surface area (Å²) in [5, 5.41) is 12.3. The smallest absolute Gasteiger partial charge is 0.259 e. The van der Waals surface area contributed by atoms with Gasteiger partial charge in [0.15, 0.2) is 0 Å². The standard InChI is InChI=1S/C13H11BrN2O2/c14-8-4-5-11(12(17)6-8)13(18)16-10-3-1-2-9(15)7-10/h1-7,17H,15H2,(H,16,18). The maximum absolute atomic E-state index is 11.9. The molecule has 0 saturated heterocycles. The molecule has 0 fully saturated rings. The highest BCUT2D eigenvalue weighted by molar-refractivity contribution is 9.10. The Hall–Kier alpha value is -2.01. The number of nitrogens with two attached hydrogens (primary N) is 1. The number of halogens is 1. The molecule has 1 amide bonds. The fourth-order valence-corrected chi connectivity index (χ4v) is 1.86. The maximum Gasteiger partial charge on any atom is 0.259 e. The Morgan fingerprint density at radius 2 is 2.00 bits per heavy atom. The normalized spacial score (nSPS) is 10.1. The summed E-state index contributed by atoms with van der Waals surface area (Å²) >= 11 is 3.21. The van der Waals surface area contributed by atoms with E-state index in [2.05, 4.69) is 21.2 Å². The summed E-state index contributed by atoms with van der Waals surface area (Å²) in [6.07, 6.45) is 0. The molecule has 2 aromatic carbocycles. The van der Waals surface area contributed by atoms with E-state index in [1.807, 2.05) is 0 Å². The van der Waals surface area contributed by atoms with E-state index in [-0.39, 0.29) is 17.2 Å². The number of aromatic hydroxyl groups is 1. The van der Waals surface area contributed by atoms with Gasteiger partial charge in [0.05, 0.1) is 5.56 Å². The SMILES string of the molecule is Nc1cccc(NC(=O)c2ccc(Br)cc2O)c1. The quantitative estimate of drug-likeness (QED) is 0.747. The summed E-state index contributed by atoms with van der Waals surface area (Å²) < 4.78 is 0.709. The van der Waals surface area contributed by atoms with Crippen molar-refractivity contribution in [3.05, 3.63) is 52.5 Å². The third-order valence-electron chi connectivity index (χ3n) is 2.35. The Kier molecular flexibility index (Phi) is 3.53. The second kappa shape index (κ2) is 5.10. The Balaban J connectivity index is 2.22. The molecule has 0 bridgehead atoms.